The number of nitrogen functional groups attached to an aromatic ring is 1. The number of rotatable bonds is 20. The van der Waals surface area contributed by atoms with Gasteiger partial charge in [0.1, 0.15) is 17.7 Å². The molecule has 13 nitrogen and oxygen atoms in total. The second-order valence-electron chi connectivity index (χ2n) is 15.8. The lowest BCUT2D eigenvalue weighted by Crippen LogP contribution is -2.61. The van der Waals surface area contributed by atoms with Gasteiger partial charge in [0.25, 0.3) is 0 Å². The van der Waals surface area contributed by atoms with Crippen LogP contribution in [0.2, 0.25) is 0 Å². The monoisotopic (exact) mass is 736 g/mol. The number of piperazine rings is 1. The number of hydrogen-bond acceptors (Lipinski definition) is 12. The predicted octanol–water partition coefficient (Wildman–Crippen LogP) is 5.24. The van der Waals surface area contributed by atoms with Crippen molar-refractivity contribution in [3.8, 4) is 0 Å². The minimum Gasteiger partial charge on any atom is -0.383 e. The van der Waals surface area contributed by atoms with Gasteiger partial charge in [0.05, 0.1) is 19.4 Å². The number of nitrogens with two attached hydrogens (primary N) is 1. The lowest BCUT2D eigenvalue weighted by Gasteiger charge is -2.42. The summed E-state index contributed by atoms with van der Waals surface area (Å²) in [5, 5.41) is 14.1. The third-order valence-electron chi connectivity index (χ3n) is 10.4. The van der Waals surface area contributed by atoms with E-state index in [1.807, 2.05) is 34.6 Å². The van der Waals surface area contributed by atoms with Crippen LogP contribution in [-0.4, -0.2) is 110 Å². The molecule has 0 aromatic carbocycles. The van der Waals surface area contributed by atoms with Crippen molar-refractivity contribution in [2.24, 2.45) is 11.8 Å². The Kier molecular flexibility index (Phi) is 17.2. The van der Waals surface area contributed by atoms with Gasteiger partial charge in [0.15, 0.2) is 0 Å². The molecule has 6 N–H and O–H groups in total. The SMILES string of the molecule is CCOP(=O)(CCCN1CCN(c2cc(N)nc(NCC3CCC(CNCCCNC4CCCCC4)CC3)n2)CC1C(=O)NC(C)(C)C)OCC. The van der Waals surface area contributed by atoms with E-state index in [0.29, 0.717) is 69.7 Å². The number of nitrogens with one attached hydrogen (secondary N) is 4. The molecule has 292 valence electrons. The van der Waals surface area contributed by atoms with Crippen molar-refractivity contribution >= 4 is 31.1 Å². The average Bonchev–Trinajstić information content (AvgIpc) is 3.09. The molecule has 1 aliphatic heterocycles. The molecule has 2 saturated carbocycles. The Bertz CT molecular complexity index is 1210. The minimum atomic E-state index is -3.15. The molecule has 14 heteroatoms. The molecule has 1 aromatic rings. The maximum absolute atomic E-state index is 13.6. The molecule has 1 amide bonds. The Morgan fingerprint density at radius 3 is 2.29 bits per heavy atom. The fourth-order valence-electron chi connectivity index (χ4n) is 7.73. The first-order chi connectivity index (χ1) is 24.5. The summed E-state index contributed by atoms with van der Waals surface area (Å²) in [6, 6.07) is 2.14. The number of hydrogen-bond donors (Lipinski definition) is 5. The molecule has 3 fully saturated rings. The van der Waals surface area contributed by atoms with Crippen molar-refractivity contribution in [3.05, 3.63) is 6.07 Å². The fourth-order valence-corrected chi connectivity index (χ4v) is 9.37. The van der Waals surface area contributed by atoms with Crippen LogP contribution in [0.15, 0.2) is 6.07 Å². The quantitative estimate of drug-likeness (QED) is 0.0878. The van der Waals surface area contributed by atoms with Gasteiger partial charge >= 0.3 is 7.60 Å². The van der Waals surface area contributed by atoms with Crippen LogP contribution in [0.5, 0.6) is 0 Å². The molecule has 1 atom stereocenters. The normalized spacial score (nSPS) is 22.6. The molecule has 1 aromatic heterocycles. The number of carbonyl (C=O) groups is 1. The molecule has 0 spiro atoms. The highest BCUT2D eigenvalue weighted by molar-refractivity contribution is 7.53. The van der Waals surface area contributed by atoms with Gasteiger partial charge in [-0.2, -0.15) is 9.97 Å². The highest BCUT2D eigenvalue weighted by atomic mass is 31.2. The summed E-state index contributed by atoms with van der Waals surface area (Å²) in [7, 11) is -3.15. The van der Waals surface area contributed by atoms with Crippen LogP contribution in [0.3, 0.4) is 0 Å². The van der Waals surface area contributed by atoms with Gasteiger partial charge in [-0.25, -0.2) is 0 Å². The Labute approximate surface area is 308 Å². The summed E-state index contributed by atoms with van der Waals surface area (Å²) >= 11 is 0. The molecular weight excluding hydrogens is 665 g/mol. The number of carbonyl (C=O) groups excluding carboxylic acids is 1. The Balaban J connectivity index is 1.23. The van der Waals surface area contributed by atoms with Crippen LogP contribution >= 0.6 is 7.60 Å². The lowest BCUT2D eigenvalue weighted by atomic mass is 9.82. The van der Waals surface area contributed by atoms with Crippen LogP contribution < -0.4 is 31.9 Å². The fraction of sp³-hybridized carbons (Fsp3) is 0.865. The Morgan fingerprint density at radius 2 is 1.63 bits per heavy atom. The molecule has 0 radical (unpaired) electrons. The average molecular weight is 736 g/mol. The van der Waals surface area contributed by atoms with E-state index in [4.69, 9.17) is 19.8 Å². The first-order valence-electron chi connectivity index (χ1n) is 20.0. The van der Waals surface area contributed by atoms with Crippen molar-refractivity contribution < 1.29 is 18.4 Å². The summed E-state index contributed by atoms with van der Waals surface area (Å²) in [6.07, 6.45) is 13.9. The maximum Gasteiger partial charge on any atom is 0.330 e. The molecular formula is C37H70N9O4P. The molecule has 1 unspecified atom stereocenters. The first-order valence-corrected chi connectivity index (χ1v) is 21.7. The third-order valence-corrected chi connectivity index (χ3v) is 12.6. The zero-order chi connectivity index (χ0) is 36.7. The maximum atomic E-state index is 13.6. The van der Waals surface area contributed by atoms with Gasteiger partial charge in [0, 0.05) is 43.8 Å². The second kappa shape index (κ2) is 21.0. The minimum absolute atomic E-state index is 0.0390. The van der Waals surface area contributed by atoms with Crippen molar-refractivity contribution in [2.45, 2.75) is 123 Å². The Morgan fingerprint density at radius 1 is 0.941 bits per heavy atom. The molecule has 1 saturated heterocycles. The molecule has 4 rings (SSSR count). The summed E-state index contributed by atoms with van der Waals surface area (Å²) in [5.74, 6) is 2.97. The smallest absolute Gasteiger partial charge is 0.330 e. The summed E-state index contributed by atoms with van der Waals surface area (Å²) in [4.78, 5) is 27.3. The summed E-state index contributed by atoms with van der Waals surface area (Å²) in [5.41, 5.74) is 5.93. The van der Waals surface area contributed by atoms with Crippen LogP contribution in [0.4, 0.5) is 17.6 Å². The lowest BCUT2D eigenvalue weighted by molar-refractivity contribution is -0.128. The van der Waals surface area contributed by atoms with Crippen molar-refractivity contribution in [3.63, 3.8) is 0 Å². The van der Waals surface area contributed by atoms with E-state index in [2.05, 4.69) is 36.1 Å². The third kappa shape index (κ3) is 14.7. The largest absolute Gasteiger partial charge is 0.383 e. The number of amides is 1. The van der Waals surface area contributed by atoms with Crippen LogP contribution in [0.1, 0.15) is 105 Å². The van der Waals surface area contributed by atoms with Gasteiger partial charge in [-0.15, -0.1) is 0 Å². The highest BCUT2D eigenvalue weighted by Gasteiger charge is 2.35. The zero-order valence-electron chi connectivity index (χ0n) is 32.4. The van der Waals surface area contributed by atoms with E-state index in [0.717, 1.165) is 44.0 Å². The van der Waals surface area contributed by atoms with Crippen molar-refractivity contribution in [1.82, 2.24) is 30.8 Å². The van der Waals surface area contributed by atoms with Gasteiger partial charge in [-0.05, 0) is 124 Å². The van der Waals surface area contributed by atoms with E-state index < -0.39 is 13.6 Å². The first kappa shape index (κ1) is 41.7. The van der Waals surface area contributed by atoms with Gasteiger partial charge in [-0.1, -0.05) is 19.3 Å². The predicted molar refractivity (Wildman–Crippen MR) is 209 cm³/mol. The van der Waals surface area contributed by atoms with E-state index in [1.54, 1.807) is 6.07 Å². The van der Waals surface area contributed by atoms with Crippen molar-refractivity contribution in [2.75, 3.05) is 87.7 Å². The molecule has 2 heterocycles. The zero-order valence-corrected chi connectivity index (χ0v) is 33.3. The summed E-state index contributed by atoms with van der Waals surface area (Å²) in [6.45, 7) is 16.8. The standard InChI is InChI=1S/C37H70N9O4P/c1-6-49-51(48,50-7-2)24-12-21-45-22-23-46(28-32(45)35(47)44-37(3,4)5)34-25-33(38)42-36(43-34)41-27-30-17-15-29(16-18-30)26-39-19-11-20-40-31-13-9-8-10-14-31/h25,29-32,39-40H,6-24,26-28H2,1-5H3,(H,44,47)(H3,38,41,42,43). The second-order valence-corrected chi connectivity index (χ2v) is 18.0. The number of nitrogens with zero attached hydrogens (tertiary/aromatic N) is 4. The van der Waals surface area contributed by atoms with Gasteiger partial charge in [0.2, 0.25) is 11.9 Å². The van der Waals surface area contributed by atoms with E-state index in [1.165, 1.54) is 64.2 Å². The van der Waals surface area contributed by atoms with Gasteiger partial charge < -0.3 is 40.9 Å². The van der Waals surface area contributed by atoms with E-state index in [9.17, 15) is 9.36 Å². The highest BCUT2D eigenvalue weighted by Crippen LogP contribution is 2.48. The molecule has 2 aliphatic carbocycles. The summed E-state index contributed by atoms with van der Waals surface area (Å²) < 4.78 is 24.0. The topological polar surface area (TPSA) is 159 Å². The molecule has 0 bridgehead atoms. The van der Waals surface area contributed by atoms with Crippen LogP contribution in [0, 0.1) is 11.8 Å². The number of aromatic nitrogens is 2. The number of anilines is 3. The molecule has 51 heavy (non-hydrogen) atoms. The van der Waals surface area contributed by atoms with Crippen molar-refractivity contribution in [1.29, 1.82) is 0 Å². The molecule has 3 aliphatic rings. The van der Waals surface area contributed by atoms with E-state index >= 15 is 0 Å². The van der Waals surface area contributed by atoms with Gasteiger partial charge in [-0.3, -0.25) is 14.3 Å². The Hall–Kier alpha value is -2.02. The van der Waals surface area contributed by atoms with E-state index in [-0.39, 0.29) is 11.4 Å². The van der Waals surface area contributed by atoms with Crippen LogP contribution in [0.25, 0.3) is 0 Å². The van der Waals surface area contributed by atoms with Crippen LogP contribution in [-0.2, 0) is 18.4 Å².